The predicted octanol–water partition coefficient (Wildman–Crippen LogP) is 2.40. The van der Waals surface area contributed by atoms with Gasteiger partial charge in [0.1, 0.15) is 0 Å². The molecule has 1 aliphatic heterocycles. The normalized spacial score (nSPS) is 15.1. The molecule has 0 aliphatic carbocycles. The van der Waals surface area contributed by atoms with Gasteiger partial charge < -0.3 is 4.90 Å². The van der Waals surface area contributed by atoms with E-state index in [1.54, 1.807) is 0 Å². The van der Waals surface area contributed by atoms with Gasteiger partial charge in [-0.3, -0.25) is 0 Å². The topological polar surface area (TPSA) is 3.24 Å². The molecule has 1 heteroatoms. The minimum absolute atomic E-state index is 1.14. The van der Waals surface area contributed by atoms with Crippen molar-refractivity contribution in [2.45, 2.75) is 19.8 Å². The van der Waals surface area contributed by atoms with Crippen LogP contribution in [0.25, 0.3) is 0 Å². The fourth-order valence-corrected chi connectivity index (χ4v) is 1.68. The van der Waals surface area contributed by atoms with Gasteiger partial charge in [-0.15, -0.1) is 0 Å². The van der Waals surface area contributed by atoms with Gasteiger partial charge in [-0.05, 0) is 37.3 Å². The Morgan fingerprint density at radius 1 is 1.14 bits per heavy atom. The monoisotopic (exact) mass is 185 g/mol. The van der Waals surface area contributed by atoms with Crippen molar-refractivity contribution in [2.24, 2.45) is 0 Å². The third-order valence-corrected chi connectivity index (χ3v) is 2.60. The quantitative estimate of drug-likeness (QED) is 0.561. The Balaban J connectivity index is 2.12. The molecular formula is C13H15N. The van der Waals surface area contributed by atoms with Crippen LogP contribution in [0.15, 0.2) is 24.3 Å². The first-order chi connectivity index (χ1) is 6.86. The maximum absolute atomic E-state index is 3.23. The molecule has 14 heavy (non-hydrogen) atoms. The van der Waals surface area contributed by atoms with E-state index >= 15 is 0 Å². The van der Waals surface area contributed by atoms with Gasteiger partial charge in [0.25, 0.3) is 0 Å². The van der Waals surface area contributed by atoms with Crippen LogP contribution in [0, 0.1) is 18.9 Å². The molecule has 1 aromatic carbocycles. The highest BCUT2D eigenvalue weighted by atomic mass is 15.1. The van der Waals surface area contributed by atoms with Crippen molar-refractivity contribution in [3.8, 4) is 12.0 Å². The average molecular weight is 185 g/mol. The number of likely N-dealkylation sites (tertiary alicyclic amines) is 1. The van der Waals surface area contributed by atoms with E-state index in [0.717, 1.165) is 18.7 Å². The summed E-state index contributed by atoms with van der Waals surface area (Å²) >= 11 is 0. The Morgan fingerprint density at radius 3 is 2.57 bits per heavy atom. The number of nitrogens with zero attached hydrogens (tertiary/aromatic N) is 1. The van der Waals surface area contributed by atoms with Gasteiger partial charge in [0.2, 0.25) is 0 Å². The maximum atomic E-state index is 3.23. The highest BCUT2D eigenvalue weighted by molar-refractivity contribution is 5.40. The molecule has 0 amide bonds. The summed E-state index contributed by atoms with van der Waals surface area (Å²) in [6, 6.07) is 11.5. The van der Waals surface area contributed by atoms with Crippen LogP contribution >= 0.6 is 0 Å². The first-order valence-corrected chi connectivity index (χ1v) is 5.18. The minimum atomic E-state index is 1.14. The number of hydrogen-bond donors (Lipinski definition) is 0. The van der Waals surface area contributed by atoms with E-state index in [2.05, 4.69) is 42.0 Å². The van der Waals surface area contributed by atoms with E-state index in [9.17, 15) is 0 Å². The van der Waals surface area contributed by atoms with Crippen LogP contribution in [0.4, 0.5) is 0 Å². The Kier molecular flexibility index (Phi) is 2.74. The van der Waals surface area contributed by atoms with Gasteiger partial charge in [-0.1, -0.05) is 18.2 Å². The zero-order chi connectivity index (χ0) is 9.80. The van der Waals surface area contributed by atoms with E-state index < -0.39 is 0 Å². The number of benzene rings is 1. The van der Waals surface area contributed by atoms with E-state index in [0.29, 0.717) is 0 Å². The lowest BCUT2D eigenvalue weighted by atomic mass is 10.1. The van der Waals surface area contributed by atoms with Gasteiger partial charge in [0.15, 0.2) is 0 Å². The lowest BCUT2D eigenvalue weighted by Gasteiger charge is -2.05. The van der Waals surface area contributed by atoms with Gasteiger partial charge >= 0.3 is 0 Å². The summed E-state index contributed by atoms with van der Waals surface area (Å²) in [5.74, 6) is 3.23. The van der Waals surface area contributed by atoms with Crippen LogP contribution in [0.1, 0.15) is 24.0 Å². The molecule has 0 spiro atoms. The van der Waals surface area contributed by atoms with E-state index in [1.165, 1.54) is 18.4 Å². The zero-order valence-corrected chi connectivity index (χ0v) is 8.59. The molecule has 0 bridgehead atoms. The molecule has 1 nitrogen and oxygen atoms in total. The average Bonchev–Trinajstić information content (AvgIpc) is 2.69. The summed E-state index contributed by atoms with van der Waals surface area (Å²) in [7, 11) is 0. The highest BCUT2D eigenvalue weighted by Gasteiger charge is 2.06. The van der Waals surface area contributed by atoms with Crippen LogP contribution in [0.5, 0.6) is 0 Å². The van der Waals surface area contributed by atoms with E-state index in [1.807, 2.05) is 6.07 Å². The van der Waals surface area contributed by atoms with Gasteiger partial charge in [-0.25, -0.2) is 0 Å². The smallest absolute Gasteiger partial charge is 0.0293 e. The predicted molar refractivity (Wildman–Crippen MR) is 58.9 cm³/mol. The van der Waals surface area contributed by atoms with Crippen LogP contribution in [-0.4, -0.2) is 18.0 Å². The number of hydrogen-bond acceptors (Lipinski definition) is 1. The lowest BCUT2D eigenvalue weighted by Crippen LogP contribution is -2.11. The van der Waals surface area contributed by atoms with Gasteiger partial charge in [0.05, 0.1) is 0 Å². The van der Waals surface area contributed by atoms with Crippen LogP contribution in [0.2, 0.25) is 0 Å². The number of aryl methyl sites for hydroxylation is 1. The highest BCUT2D eigenvalue weighted by Crippen LogP contribution is 2.07. The van der Waals surface area contributed by atoms with Crippen molar-refractivity contribution in [1.29, 1.82) is 0 Å². The zero-order valence-electron chi connectivity index (χ0n) is 8.59. The van der Waals surface area contributed by atoms with Crippen molar-refractivity contribution in [3.63, 3.8) is 0 Å². The molecular weight excluding hydrogens is 170 g/mol. The summed E-state index contributed by atoms with van der Waals surface area (Å²) in [5.41, 5.74) is 2.42. The summed E-state index contributed by atoms with van der Waals surface area (Å²) in [5, 5.41) is 0. The third-order valence-electron chi connectivity index (χ3n) is 2.60. The first-order valence-electron chi connectivity index (χ1n) is 5.18. The summed E-state index contributed by atoms with van der Waals surface area (Å²) in [4.78, 5) is 2.21. The molecule has 0 unspecified atom stereocenters. The Hall–Kier alpha value is -1.42. The van der Waals surface area contributed by atoms with E-state index in [4.69, 9.17) is 0 Å². The fourth-order valence-electron chi connectivity index (χ4n) is 1.68. The summed E-state index contributed by atoms with van der Waals surface area (Å²) < 4.78 is 0. The Labute approximate surface area is 85.7 Å². The van der Waals surface area contributed by atoms with Crippen LogP contribution in [-0.2, 0) is 0 Å². The Bertz CT molecular complexity index is 364. The molecule has 1 saturated heterocycles. The second-order valence-electron chi connectivity index (χ2n) is 3.75. The third kappa shape index (κ3) is 2.09. The van der Waals surface area contributed by atoms with Crippen LogP contribution in [0.3, 0.4) is 0 Å². The molecule has 1 aromatic rings. The molecule has 1 fully saturated rings. The molecule has 0 N–H and O–H groups in total. The summed E-state index contributed by atoms with van der Waals surface area (Å²) in [6.07, 6.45) is 2.59. The minimum Gasteiger partial charge on any atom is -0.332 e. The van der Waals surface area contributed by atoms with Crippen molar-refractivity contribution in [3.05, 3.63) is 35.4 Å². The summed E-state index contributed by atoms with van der Waals surface area (Å²) in [6.45, 7) is 4.38. The molecule has 1 heterocycles. The molecule has 0 saturated carbocycles. The molecule has 0 radical (unpaired) electrons. The molecule has 72 valence electrons. The standard InChI is InChI=1S/C13H15N/c1-12-6-2-3-7-13(12)8-11-14-9-4-5-10-14/h2-3,6-7H,4-5,9-10H2,1H3. The fraction of sp³-hybridized carbons (Fsp3) is 0.385. The van der Waals surface area contributed by atoms with Crippen LogP contribution < -0.4 is 0 Å². The maximum Gasteiger partial charge on any atom is 0.0293 e. The van der Waals surface area contributed by atoms with Gasteiger partial charge in [-0.2, -0.15) is 0 Å². The van der Waals surface area contributed by atoms with Crippen molar-refractivity contribution in [2.75, 3.05) is 13.1 Å². The SMILES string of the molecule is Cc1ccccc1C#CN1CCCC1. The lowest BCUT2D eigenvalue weighted by molar-refractivity contribution is 0.496. The van der Waals surface area contributed by atoms with Crippen molar-refractivity contribution < 1.29 is 0 Å². The van der Waals surface area contributed by atoms with E-state index in [-0.39, 0.29) is 0 Å². The molecule has 0 aromatic heterocycles. The number of rotatable bonds is 0. The first kappa shape index (κ1) is 9.15. The van der Waals surface area contributed by atoms with Crippen molar-refractivity contribution >= 4 is 0 Å². The van der Waals surface area contributed by atoms with Crippen molar-refractivity contribution in [1.82, 2.24) is 4.90 Å². The largest absolute Gasteiger partial charge is 0.332 e. The second kappa shape index (κ2) is 4.19. The molecule has 1 aliphatic rings. The Morgan fingerprint density at radius 2 is 1.86 bits per heavy atom. The second-order valence-corrected chi connectivity index (χ2v) is 3.75. The van der Waals surface area contributed by atoms with Gasteiger partial charge in [0, 0.05) is 24.7 Å². The molecule has 2 rings (SSSR count). The molecule has 0 atom stereocenters.